The minimum atomic E-state index is -0.0568. The average molecular weight is 276 g/mol. The molecule has 3 rings (SSSR count). The van der Waals surface area contributed by atoms with Crippen LogP contribution in [0.3, 0.4) is 0 Å². The van der Waals surface area contributed by atoms with Gasteiger partial charge >= 0.3 is 0 Å². The molecule has 19 heavy (non-hydrogen) atoms. The highest BCUT2D eigenvalue weighted by atomic mass is 35.5. The molecule has 1 atom stereocenters. The van der Waals surface area contributed by atoms with Gasteiger partial charge in [0.25, 0.3) is 0 Å². The van der Waals surface area contributed by atoms with Gasteiger partial charge in [-0.1, -0.05) is 17.7 Å². The molecule has 1 aliphatic rings. The van der Waals surface area contributed by atoms with Crippen molar-refractivity contribution in [1.29, 1.82) is 0 Å². The highest BCUT2D eigenvalue weighted by molar-refractivity contribution is 6.30. The van der Waals surface area contributed by atoms with Crippen molar-refractivity contribution < 1.29 is 9.84 Å². The summed E-state index contributed by atoms with van der Waals surface area (Å²) < 4.78 is 5.25. The van der Waals surface area contributed by atoms with Crippen LogP contribution in [0.25, 0.3) is 0 Å². The van der Waals surface area contributed by atoms with Gasteiger partial charge in [0.2, 0.25) is 0 Å². The first-order chi connectivity index (χ1) is 9.22. The molecule has 3 nitrogen and oxygen atoms in total. The first kappa shape index (κ1) is 12.3. The van der Waals surface area contributed by atoms with E-state index in [1.54, 1.807) is 7.11 Å². The normalized spacial score (nSPS) is 16.3. The number of ether oxygens (including phenoxy) is 1. The standard InChI is InChI=1S/C15H14ClNO2/c1-19-10-3-5-14-12(7-10)13(8-18)11-4-2-9(16)6-15(11)17-14/h2-7,13,17-18H,8H2,1H3. The third-order valence-corrected chi connectivity index (χ3v) is 3.71. The third-order valence-electron chi connectivity index (χ3n) is 3.48. The first-order valence-electron chi connectivity index (χ1n) is 6.08. The van der Waals surface area contributed by atoms with Crippen molar-refractivity contribution in [1.82, 2.24) is 0 Å². The molecule has 2 aromatic carbocycles. The molecule has 2 N–H and O–H groups in total. The predicted molar refractivity (Wildman–Crippen MR) is 76.7 cm³/mol. The van der Waals surface area contributed by atoms with Gasteiger partial charge in [-0.2, -0.15) is 0 Å². The van der Waals surface area contributed by atoms with E-state index in [2.05, 4.69) is 5.32 Å². The monoisotopic (exact) mass is 275 g/mol. The summed E-state index contributed by atoms with van der Waals surface area (Å²) in [6, 6.07) is 11.5. The molecule has 0 spiro atoms. The minimum Gasteiger partial charge on any atom is -0.497 e. The molecule has 2 aromatic rings. The second-order valence-electron chi connectivity index (χ2n) is 4.54. The van der Waals surface area contributed by atoms with Crippen molar-refractivity contribution in [2.75, 3.05) is 19.0 Å². The van der Waals surface area contributed by atoms with Gasteiger partial charge in [-0.25, -0.2) is 0 Å². The lowest BCUT2D eigenvalue weighted by molar-refractivity contribution is 0.280. The number of hydrogen-bond acceptors (Lipinski definition) is 3. The maximum absolute atomic E-state index is 9.72. The van der Waals surface area contributed by atoms with Crippen molar-refractivity contribution >= 4 is 23.0 Å². The van der Waals surface area contributed by atoms with E-state index in [0.717, 1.165) is 28.3 Å². The molecule has 0 saturated carbocycles. The minimum absolute atomic E-state index is 0.0521. The van der Waals surface area contributed by atoms with E-state index in [1.165, 1.54) is 0 Å². The van der Waals surface area contributed by atoms with Crippen molar-refractivity contribution in [2.24, 2.45) is 0 Å². The molecule has 4 heteroatoms. The molecule has 1 unspecified atom stereocenters. The van der Waals surface area contributed by atoms with Crippen molar-refractivity contribution in [3.63, 3.8) is 0 Å². The fourth-order valence-corrected chi connectivity index (χ4v) is 2.69. The summed E-state index contributed by atoms with van der Waals surface area (Å²) in [5.74, 6) is 0.732. The lowest BCUT2D eigenvalue weighted by Gasteiger charge is -2.28. The maximum atomic E-state index is 9.72. The number of fused-ring (bicyclic) bond motifs is 2. The fourth-order valence-electron chi connectivity index (χ4n) is 2.52. The number of aliphatic hydroxyl groups excluding tert-OH is 1. The highest BCUT2D eigenvalue weighted by Crippen LogP contribution is 2.43. The van der Waals surface area contributed by atoms with Gasteiger partial charge in [0.15, 0.2) is 0 Å². The van der Waals surface area contributed by atoms with Crippen LogP contribution in [0.5, 0.6) is 5.75 Å². The van der Waals surface area contributed by atoms with E-state index in [9.17, 15) is 5.11 Å². The molecule has 1 heterocycles. The molecule has 0 saturated heterocycles. The molecular formula is C15H14ClNO2. The number of benzene rings is 2. The van der Waals surface area contributed by atoms with Crippen molar-refractivity contribution in [2.45, 2.75) is 5.92 Å². The quantitative estimate of drug-likeness (QED) is 0.881. The second kappa shape index (κ2) is 4.76. The molecule has 98 valence electrons. The zero-order valence-electron chi connectivity index (χ0n) is 10.5. The summed E-state index contributed by atoms with van der Waals surface area (Å²) in [7, 11) is 1.64. The Hall–Kier alpha value is -1.71. The average Bonchev–Trinajstić information content (AvgIpc) is 2.44. The Morgan fingerprint density at radius 2 is 2.00 bits per heavy atom. The highest BCUT2D eigenvalue weighted by Gasteiger charge is 2.25. The number of nitrogens with one attached hydrogen (secondary N) is 1. The number of hydrogen-bond donors (Lipinski definition) is 2. The van der Waals surface area contributed by atoms with Gasteiger partial charge in [0.05, 0.1) is 13.7 Å². The number of rotatable bonds is 2. The van der Waals surface area contributed by atoms with Gasteiger partial charge in [0, 0.05) is 22.3 Å². The van der Waals surface area contributed by atoms with E-state index in [1.807, 2.05) is 36.4 Å². The third kappa shape index (κ3) is 2.05. The van der Waals surface area contributed by atoms with Crippen LogP contribution in [-0.2, 0) is 0 Å². The van der Waals surface area contributed by atoms with Crippen LogP contribution in [0.15, 0.2) is 36.4 Å². The van der Waals surface area contributed by atoms with E-state index in [4.69, 9.17) is 16.3 Å². The summed E-state index contributed by atoms with van der Waals surface area (Å²) in [5, 5.41) is 13.7. The van der Waals surface area contributed by atoms with Crippen LogP contribution < -0.4 is 10.1 Å². The predicted octanol–water partition coefficient (Wildman–Crippen LogP) is 3.53. The smallest absolute Gasteiger partial charge is 0.119 e. The summed E-state index contributed by atoms with van der Waals surface area (Å²) in [6.07, 6.45) is 0. The Morgan fingerprint density at radius 3 is 2.74 bits per heavy atom. The molecule has 0 amide bonds. The van der Waals surface area contributed by atoms with Gasteiger partial charge in [-0.3, -0.25) is 0 Å². The number of aliphatic hydroxyl groups is 1. The summed E-state index contributed by atoms with van der Waals surface area (Å²) in [5.41, 5.74) is 4.02. The number of halogens is 1. The zero-order chi connectivity index (χ0) is 13.4. The largest absolute Gasteiger partial charge is 0.497 e. The summed E-state index contributed by atoms with van der Waals surface area (Å²) in [4.78, 5) is 0. The lowest BCUT2D eigenvalue weighted by Crippen LogP contribution is -2.15. The van der Waals surface area contributed by atoms with E-state index < -0.39 is 0 Å². The van der Waals surface area contributed by atoms with Crippen LogP contribution >= 0.6 is 11.6 Å². The van der Waals surface area contributed by atoms with E-state index in [0.29, 0.717) is 5.02 Å². The lowest BCUT2D eigenvalue weighted by atomic mass is 9.86. The topological polar surface area (TPSA) is 41.5 Å². The second-order valence-corrected chi connectivity index (χ2v) is 4.98. The summed E-state index contributed by atoms with van der Waals surface area (Å²) in [6.45, 7) is 0.0521. The Labute approximate surface area is 116 Å². The van der Waals surface area contributed by atoms with E-state index >= 15 is 0 Å². The van der Waals surface area contributed by atoms with Crippen LogP contribution in [0.2, 0.25) is 5.02 Å². The molecule has 0 radical (unpaired) electrons. The maximum Gasteiger partial charge on any atom is 0.119 e. The van der Waals surface area contributed by atoms with Gasteiger partial charge in [-0.05, 0) is 41.5 Å². The molecular weight excluding hydrogens is 262 g/mol. The van der Waals surface area contributed by atoms with Crippen LogP contribution in [0.4, 0.5) is 11.4 Å². The molecule has 0 fully saturated rings. The first-order valence-corrected chi connectivity index (χ1v) is 6.46. The van der Waals surface area contributed by atoms with E-state index in [-0.39, 0.29) is 12.5 Å². The van der Waals surface area contributed by atoms with Crippen LogP contribution in [0, 0.1) is 0 Å². The number of anilines is 2. The fraction of sp³-hybridized carbons (Fsp3) is 0.200. The van der Waals surface area contributed by atoms with Gasteiger partial charge in [-0.15, -0.1) is 0 Å². The summed E-state index contributed by atoms with van der Waals surface area (Å²) >= 11 is 6.02. The Balaban J connectivity index is 2.14. The Kier molecular flexibility index (Phi) is 3.09. The Morgan fingerprint density at radius 1 is 1.16 bits per heavy atom. The molecule has 1 aliphatic heterocycles. The van der Waals surface area contributed by atoms with Gasteiger partial charge < -0.3 is 15.2 Å². The number of methoxy groups -OCH3 is 1. The van der Waals surface area contributed by atoms with Crippen molar-refractivity contribution in [3.05, 3.63) is 52.5 Å². The zero-order valence-corrected chi connectivity index (χ0v) is 11.2. The SMILES string of the molecule is COc1ccc2c(c1)C(CO)c1ccc(Cl)cc1N2. The van der Waals surface area contributed by atoms with Gasteiger partial charge in [0.1, 0.15) is 5.75 Å². The van der Waals surface area contributed by atoms with Crippen molar-refractivity contribution in [3.8, 4) is 5.75 Å². The molecule has 0 aromatic heterocycles. The van der Waals surface area contributed by atoms with Crippen LogP contribution in [-0.4, -0.2) is 18.8 Å². The Bertz CT molecular complexity index is 628. The van der Waals surface area contributed by atoms with Crippen LogP contribution in [0.1, 0.15) is 17.0 Å². The molecule has 0 aliphatic carbocycles. The molecule has 0 bridgehead atoms.